The molecule has 5 heteroatoms. The maximum Gasteiger partial charge on any atom is 0.317 e. The van der Waals surface area contributed by atoms with E-state index in [4.69, 9.17) is 0 Å². The highest BCUT2D eigenvalue weighted by molar-refractivity contribution is 7.99. The predicted molar refractivity (Wildman–Crippen MR) is 81.5 cm³/mol. The average Bonchev–Trinajstić information content (AvgIpc) is 2.36. The number of aliphatic hydroxyl groups excluding tert-OH is 1. The minimum Gasteiger partial charge on any atom is -0.391 e. The van der Waals surface area contributed by atoms with Crippen molar-refractivity contribution in [2.24, 2.45) is 11.8 Å². The quantitative estimate of drug-likeness (QED) is 0.737. The van der Waals surface area contributed by atoms with Crippen molar-refractivity contribution < 1.29 is 9.90 Å². The van der Waals surface area contributed by atoms with Crippen LogP contribution in [0.4, 0.5) is 4.79 Å². The highest BCUT2D eigenvalue weighted by atomic mass is 32.2. The number of carbonyl (C=O) groups excluding carboxylic acids is 1. The molecule has 0 spiro atoms. The summed E-state index contributed by atoms with van der Waals surface area (Å²) in [4.78, 5) is 13.6. The molecule has 1 rings (SSSR count). The molecule has 2 N–H and O–H groups in total. The number of β-amino-alcohol motifs (C(OH)–C–C–N with tert-alkyl or cyclic N) is 1. The molecule has 0 saturated carbocycles. The number of urea groups is 1. The van der Waals surface area contributed by atoms with E-state index < -0.39 is 0 Å². The molecule has 0 bridgehead atoms. The third kappa shape index (κ3) is 6.52. The SMILES string of the molecule is CC(C)CSCCCNC(=O)N1CCC(C)C(O)C1. The van der Waals surface area contributed by atoms with Crippen LogP contribution in [0.15, 0.2) is 0 Å². The first-order chi connectivity index (χ1) is 9.00. The summed E-state index contributed by atoms with van der Waals surface area (Å²) in [6.45, 7) is 8.42. The Hall–Kier alpha value is -0.420. The highest BCUT2D eigenvalue weighted by Gasteiger charge is 2.26. The van der Waals surface area contributed by atoms with Gasteiger partial charge >= 0.3 is 6.03 Å². The summed E-state index contributed by atoms with van der Waals surface area (Å²) in [5.41, 5.74) is 0. The smallest absolute Gasteiger partial charge is 0.317 e. The molecule has 1 aliphatic rings. The zero-order valence-electron chi connectivity index (χ0n) is 12.4. The van der Waals surface area contributed by atoms with Crippen LogP contribution in [-0.4, -0.2) is 53.3 Å². The molecule has 2 amide bonds. The molecule has 4 nitrogen and oxygen atoms in total. The van der Waals surface area contributed by atoms with Gasteiger partial charge in [-0.25, -0.2) is 4.79 Å². The second-order valence-corrected chi connectivity index (χ2v) is 6.98. The van der Waals surface area contributed by atoms with Gasteiger partial charge in [-0.05, 0) is 36.2 Å². The molecule has 2 atom stereocenters. The van der Waals surface area contributed by atoms with E-state index in [2.05, 4.69) is 19.2 Å². The molecule has 112 valence electrons. The fourth-order valence-corrected chi connectivity index (χ4v) is 3.02. The first-order valence-electron chi connectivity index (χ1n) is 7.29. The molecule has 1 fully saturated rings. The summed E-state index contributed by atoms with van der Waals surface area (Å²) in [6.07, 6.45) is 1.52. The lowest BCUT2D eigenvalue weighted by molar-refractivity contribution is 0.0436. The van der Waals surface area contributed by atoms with E-state index in [1.807, 2.05) is 18.7 Å². The van der Waals surface area contributed by atoms with Crippen LogP contribution in [-0.2, 0) is 0 Å². The van der Waals surface area contributed by atoms with Crippen LogP contribution in [0.5, 0.6) is 0 Å². The van der Waals surface area contributed by atoms with E-state index in [-0.39, 0.29) is 12.1 Å². The van der Waals surface area contributed by atoms with E-state index in [0.29, 0.717) is 12.5 Å². The monoisotopic (exact) mass is 288 g/mol. The number of amides is 2. The number of aliphatic hydroxyl groups is 1. The highest BCUT2D eigenvalue weighted by Crippen LogP contribution is 2.16. The van der Waals surface area contributed by atoms with Crippen LogP contribution in [0.25, 0.3) is 0 Å². The first-order valence-corrected chi connectivity index (χ1v) is 8.44. The van der Waals surface area contributed by atoms with Gasteiger partial charge in [-0.15, -0.1) is 0 Å². The van der Waals surface area contributed by atoms with Crippen LogP contribution in [0.1, 0.15) is 33.6 Å². The van der Waals surface area contributed by atoms with Crippen LogP contribution in [0, 0.1) is 11.8 Å². The Morgan fingerprint density at radius 1 is 1.53 bits per heavy atom. The number of nitrogens with one attached hydrogen (secondary N) is 1. The summed E-state index contributed by atoms with van der Waals surface area (Å²) in [5.74, 6) is 3.32. The standard InChI is InChI=1S/C14H28N2O2S/c1-11(2)10-19-8-4-6-15-14(18)16-7-5-12(3)13(17)9-16/h11-13,17H,4-10H2,1-3H3,(H,15,18). The number of rotatable bonds is 6. The van der Waals surface area contributed by atoms with Crippen LogP contribution in [0.3, 0.4) is 0 Å². The number of piperidine rings is 1. The van der Waals surface area contributed by atoms with E-state index in [0.717, 1.165) is 37.6 Å². The van der Waals surface area contributed by atoms with Gasteiger partial charge in [0.15, 0.2) is 0 Å². The summed E-state index contributed by atoms with van der Waals surface area (Å²) < 4.78 is 0. The van der Waals surface area contributed by atoms with Gasteiger partial charge in [0.2, 0.25) is 0 Å². The zero-order valence-corrected chi connectivity index (χ0v) is 13.2. The zero-order chi connectivity index (χ0) is 14.3. The molecule has 1 aliphatic heterocycles. The topological polar surface area (TPSA) is 52.6 Å². The van der Waals surface area contributed by atoms with Crippen molar-refractivity contribution in [2.45, 2.75) is 39.7 Å². The number of thioether (sulfide) groups is 1. The van der Waals surface area contributed by atoms with Crippen LogP contribution >= 0.6 is 11.8 Å². The van der Waals surface area contributed by atoms with Gasteiger partial charge in [-0.2, -0.15) is 11.8 Å². The minimum absolute atomic E-state index is 0.0280. The normalized spacial score (nSPS) is 23.7. The third-order valence-corrected chi connectivity index (χ3v) is 4.88. The summed E-state index contributed by atoms with van der Waals surface area (Å²) >= 11 is 1.94. The molecule has 19 heavy (non-hydrogen) atoms. The Labute approximate surface area is 121 Å². The van der Waals surface area contributed by atoms with Gasteiger partial charge in [0.25, 0.3) is 0 Å². The van der Waals surface area contributed by atoms with E-state index in [9.17, 15) is 9.90 Å². The largest absolute Gasteiger partial charge is 0.391 e. The molecule has 0 aromatic heterocycles. The number of carbonyl (C=O) groups is 1. The lowest BCUT2D eigenvalue weighted by Crippen LogP contribution is -2.49. The van der Waals surface area contributed by atoms with Crippen molar-refractivity contribution in [1.82, 2.24) is 10.2 Å². The van der Waals surface area contributed by atoms with E-state index in [1.54, 1.807) is 4.90 Å². The van der Waals surface area contributed by atoms with Crippen molar-refractivity contribution in [3.63, 3.8) is 0 Å². The summed E-state index contributed by atoms with van der Waals surface area (Å²) in [6, 6.07) is -0.0280. The van der Waals surface area contributed by atoms with Crippen LogP contribution < -0.4 is 5.32 Å². The lowest BCUT2D eigenvalue weighted by Gasteiger charge is -2.34. The number of hydrogen-bond donors (Lipinski definition) is 2. The van der Waals surface area contributed by atoms with Crippen molar-refractivity contribution in [1.29, 1.82) is 0 Å². The maximum absolute atomic E-state index is 11.9. The Balaban J connectivity index is 2.08. The first kappa shape index (κ1) is 16.6. The van der Waals surface area contributed by atoms with Gasteiger partial charge in [0.1, 0.15) is 0 Å². The Morgan fingerprint density at radius 3 is 2.89 bits per heavy atom. The van der Waals surface area contributed by atoms with Crippen molar-refractivity contribution in [3.05, 3.63) is 0 Å². The van der Waals surface area contributed by atoms with Gasteiger partial charge in [-0.1, -0.05) is 20.8 Å². The predicted octanol–water partition coefficient (Wildman–Crippen LogP) is 2.18. The van der Waals surface area contributed by atoms with Crippen LogP contribution in [0.2, 0.25) is 0 Å². The molecule has 0 aliphatic carbocycles. The van der Waals surface area contributed by atoms with Gasteiger partial charge in [-0.3, -0.25) is 0 Å². The second kappa shape index (κ2) is 8.69. The minimum atomic E-state index is -0.374. The molecule has 1 saturated heterocycles. The number of likely N-dealkylation sites (tertiary alicyclic amines) is 1. The second-order valence-electron chi connectivity index (χ2n) is 5.83. The number of hydrogen-bond acceptors (Lipinski definition) is 3. The molecule has 0 aromatic carbocycles. The molecular weight excluding hydrogens is 260 g/mol. The fraction of sp³-hybridized carbons (Fsp3) is 0.929. The van der Waals surface area contributed by atoms with Crippen molar-refractivity contribution in [2.75, 3.05) is 31.1 Å². The number of nitrogens with zero attached hydrogens (tertiary/aromatic N) is 1. The van der Waals surface area contributed by atoms with Crippen molar-refractivity contribution >= 4 is 17.8 Å². The van der Waals surface area contributed by atoms with E-state index in [1.165, 1.54) is 5.75 Å². The molecule has 2 unspecified atom stereocenters. The maximum atomic E-state index is 11.9. The molecule has 1 heterocycles. The molecule has 0 aromatic rings. The van der Waals surface area contributed by atoms with E-state index >= 15 is 0 Å². The molecule has 0 radical (unpaired) electrons. The lowest BCUT2D eigenvalue weighted by atomic mass is 9.96. The average molecular weight is 288 g/mol. The Bertz CT molecular complexity index is 274. The Morgan fingerprint density at radius 2 is 2.26 bits per heavy atom. The molecular formula is C14H28N2O2S. The third-order valence-electron chi connectivity index (χ3n) is 3.40. The van der Waals surface area contributed by atoms with Crippen molar-refractivity contribution in [3.8, 4) is 0 Å². The van der Waals surface area contributed by atoms with Gasteiger partial charge in [0.05, 0.1) is 6.10 Å². The fourth-order valence-electron chi connectivity index (χ4n) is 2.03. The van der Waals surface area contributed by atoms with Gasteiger partial charge in [0, 0.05) is 19.6 Å². The Kier molecular flexibility index (Phi) is 7.61. The summed E-state index contributed by atoms with van der Waals surface area (Å²) in [7, 11) is 0. The van der Waals surface area contributed by atoms with Gasteiger partial charge < -0.3 is 15.3 Å². The summed E-state index contributed by atoms with van der Waals surface area (Å²) in [5, 5.41) is 12.7.